The molecule has 0 aliphatic carbocycles. The first-order valence-corrected chi connectivity index (χ1v) is 9.63. The highest BCUT2D eigenvalue weighted by molar-refractivity contribution is 9.10. The second-order valence-electron chi connectivity index (χ2n) is 6.19. The third-order valence-electron chi connectivity index (χ3n) is 3.86. The Morgan fingerprint density at radius 1 is 1.19 bits per heavy atom. The third-order valence-corrected chi connectivity index (χ3v) is 4.78. The zero-order chi connectivity index (χ0) is 19.1. The smallest absolute Gasteiger partial charge is 0.224 e. The fraction of sp³-hybridized carbons (Fsp3) is 0.350. The van der Waals surface area contributed by atoms with Gasteiger partial charge in [0, 0.05) is 12.1 Å². The van der Waals surface area contributed by atoms with Crippen LogP contribution in [0.3, 0.4) is 0 Å². The van der Waals surface area contributed by atoms with Crippen molar-refractivity contribution in [2.45, 2.75) is 32.6 Å². The number of rotatable bonds is 8. The zero-order valence-corrected chi connectivity index (χ0v) is 17.5. The molecule has 0 radical (unpaired) electrons. The predicted molar refractivity (Wildman–Crippen MR) is 110 cm³/mol. The van der Waals surface area contributed by atoms with Gasteiger partial charge in [0.25, 0.3) is 0 Å². The van der Waals surface area contributed by atoms with Gasteiger partial charge in [0.15, 0.2) is 0 Å². The van der Waals surface area contributed by atoms with Gasteiger partial charge < -0.3 is 14.8 Å². The molecule has 1 N–H and O–H groups in total. The number of ether oxygens (including phenoxy) is 2. The Bertz CT molecular complexity index is 765. The normalized spacial score (nSPS) is 10.7. The van der Waals surface area contributed by atoms with Crippen LogP contribution in [0.15, 0.2) is 40.9 Å². The molecule has 0 aromatic heterocycles. The first-order valence-electron chi connectivity index (χ1n) is 8.46. The van der Waals surface area contributed by atoms with Crippen molar-refractivity contribution in [1.29, 1.82) is 0 Å². The molecule has 0 aliphatic rings. The number of halogens is 2. The van der Waals surface area contributed by atoms with Crippen molar-refractivity contribution in [3.05, 3.63) is 51.5 Å². The average Bonchev–Trinajstić information content (AvgIpc) is 2.59. The summed E-state index contributed by atoms with van der Waals surface area (Å²) in [6.45, 7) is 4.77. The molecule has 0 spiro atoms. The van der Waals surface area contributed by atoms with Crippen LogP contribution >= 0.6 is 27.5 Å². The van der Waals surface area contributed by atoms with Crippen LogP contribution in [-0.4, -0.2) is 19.6 Å². The fourth-order valence-corrected chi connectivity index (χ4v) is 3.14. The van der Waals surface area contributed by atoms with Gasteiger partial charge in [-0.2, -0.15) is 0 Å². The van der Waals surface area contributed by atoms with Gasteiger partial charge >= 0.3 is 0 Å². The molecular formula is C20H23BrClNO3. The SMILES string of the molecule is COc1ccc(NC(=O)CCCOc2ccc(C(C)C)cc2Br)cc1Cl. The van der Waals surface area contributed by atoms with E-state index in [1.54, 1.807) is 25.3 Å². The van der Waals surface area contributed by atoms with Gasteiger partial charge in [0.05, 0.1) is 23.2 Å². The molecule has 0 aliphatic heterocycles. The largest absolute Gasteiger partial charge is 0.495 e. The molecule has 0 heterocycles. The predicted octanol–water partition coefficient (Wildman–Crippen LogP) is 6.03. The van der Waals surface area contributed by atoms with Crippen LogP contribution in [0.1, 0.15) is 38.2 Å². The van der Waals surface area contributed by atoms with E-state index in [4.69, 9.17) is 21.1 Å². The quantitative estimate of drug-likeness (QED) is 0.510. The summed E-state index contributed by atoms with van der Waals surface area (Å²) in [6.07, 6.45) is 0.986. The summed E-state index contributed by atoms with van der Waals surface area (Å²) in [5, 5.41) is 3.28. The number of benzene rings is 2. The Morgan fingerprint density at radius 3 is 2.54 bits per heavy atom. The molecule has 0 bridgehead atoms. The number of carbonyl (C=O) groups is 1. The van der Waals surface area contributed by atoms with Crippen LogP contribution in [0.4, 0.5) is 5.69 Å². The highest BCUT2D eigenvalue weighted by Crippen LogP contribution is 2.29. The Balaban J connectivity index is 1.77. The minimum atomic E-state index is -0.0796. The van der Waals surface area contributed by atoms with Crippen LogP contribution < -0.4 is 14.8 Å². The summed E-state index contributed by atoms with van der Waals surface area (Å²) in [7, 11) is 1.55. The molecular weight excluding hydrogens is 418 g/mol. The molecule has 0 saturated heterocycles. The maximum Gasteiger partial charge on any atom is 0.224 e. The van der Waals surface area contributed by atoms with Crippen molar-refractivity contribution in [2.75, 3.05) is 19.0 Å². The van der Waals surface area contributed by atoms with E-state index in [9.17, 15) is 4.79 Å². The molecule has 4 nitrogen and oxygen atoms in total. The molecule has 2 aromatic carbocycles. The molecule has 2 rings (SSSR count). The number of carbonyl (C=O) groups excluding carboxylic acids is 1. The summed E-state index contributed by atoms with van der Waals surface area (Å²) in [5.41, 5.74) is 1.90. The second kappa shape index (κ2) is 9.83. The number of methoxy groups -OCH3 is 1. The highest BCUT2D eigenvalue weighted by atomic mass is 79.9. The Hall–Kier alpha value is -1.72. The standard InChI is InChI=1S/C20H23BrClNO3/c1-13(2)14-6-8-18(16(21)11-14)26-10-4-5-20(24)23-15-7-9-19(25-3)17(22)12-15/h6-9,11-13H,4-5,10H2,1-3H3,(H,23,24). The van der Waals surface area contributed by atoms with Gasteiger partial charge in [-0.15, -0.1) is 0 Å². The first-order chi connectivity index (χ1) is 12.4. The van der Waals surface area contributed by atoms with Crippen molar-refractivity contribution in [3.8, 4) is 11.5 Å². The third kappa shape index (κ3) is 5.92. The van der Waals surface area contributed by atoms with Gasteiger partial charge in [0.1, 0.15) is 11.5 Å². The van der Waals surface area contributed by atoms with E-state index in [1.807, 2.05) is 6.07 Å². The summed E-state index contributed by atoms with van der Waals surface area (Å²) >= 11 is 9.58. The van der Waals surface area contributed by atoms with Crippen LogP contribution in [-0.2, 0) is 4.79 Å². The fourth-order valence-electron chi connectivity index (χ4n) is 2.38. The zero-order valence-electron chi connectivity index (χ0n) is 15.1. The molecule has 0 saturated carbocycles. The molecule has 0 fully saturated rings. The lowest BCUT2D eigenvalue weighted by Gasteiger charge is -2.11. The topological polar surface area (TPSA) is 47.6 Å². The molecule has 2 aromatic rings. The molecule has 26 heavy (non-hydrogen) atoms. The minimum Gasteiger partial charge on any atom is -0.495 e. The van der Waals surface area contributed by atoms with Crippen LogP contribution in [0.2, 0.25) is 5.02 Å². The number of hydrogen-bond donors (Lipinski definition) is 1. The average molecular weight is 441 g/mol. The summed E-state index contributed by atoms with van der Waals surface area (Å²) < 4.78 is 11.8. The van der Waals surface area contributed by atoms with E-state index in [1.165, 1.54) is 5.56 Å². The molecule has 0 atom stereocenters. The maximum atomic E-state index is 12.0. The highest BCUT2D eigenvalue weighted by Gasteiger charge is 2.08. The summed E-state index contributed by atoms with van der Waals surface area (Å²) in [6, 6.07) is 11.2. The molecule has 1 amide bonds. The monoisotopic (exact) mass is 439 g/mol. The van der Waals surface area contributed by atoms with Crippen molar-refractivity contribution in [3.63, 3.8) is 0 Å². The number of amides is 1. The summed E-state index contributed by atoms with van der Waals surface area (Å²) in [5.74, 6) is 1.75. The van der Waals surface area contributed by atoms with Crippen molar-refractivity contribution in [2.24, 2.45) is 0 Å². The second-order valence-corrected chi connectivity index (χ2v) is 7.46. The van der Waals surface area contributed by atoms with E-state index in [0.717, 1.165) is 10.2 Å². The molecule has 140 valence electrons. The van der Waals surface area contributed by atoms with Gasteiger partial charge in [-0.05, 0) is 64.2 Å². The van der Waals surface area contributed by atoms with Crippen LogP contribution in [0.5, 0.6) is 11.5 Å². The van der Waals surface area contributed by atoms with E-state index < -0.39 is 0 Å². The van der Waals surface area contributed by atoms with Gasteiger partial charge in [-0.3, -0.25) is 4.79 Å². The van der Waals surface area contributed by atoms with Gasteiger partial charge in [-0.1, -0.05) is 31.5 Å². The number of anilines is 1. The molecule has 6 heteroatoms. The Kier molecular flexibility index (Phi) is 7.79. The van der Waals surface area contributed by atoms with Crippen molar-refractivity contribution >= 4 is 39.1 Å². The summed E-state index contributed by atoms with van der Waals surface area (Å²) in [4.78, 5) is 12.0. The number of hydrogen-bond acceptors (Lipinski definition) is 3. The van der Waals surface area contributed by atoms with E-state index >= 15 is 0 Å². The number of nitrogens with one attached hydrogen (secondary N) is 1. The van der Waals surface area contributed by atoms with Gasteiger partial charge in [0.2, 0.25) is 5.91 Å². The Labute approximate surface area is 168 Å². The lowest BCUT2D eigenvalue weighted by Crippen LogP contribution is -2.13. The minimum absolute atomic E-state index is 0.0796. The molecule has 0 unspecified atom stereocenters. The van der Waals surface area contributed by atoms with E-state index in [0.29, 0.717) is 41.8 Å². The first kappa shape index (κ1) is 20.6. The Morgan fingerprint density at radius 2 is 1.92 bits per heavy atom. The maximum absolute atomic E-state index is 12.0. The van der Waals surface area contributed by atoms with Crippen molar-refractivity contribution in [1.82, 2.24) is 0 Å². The lowest BCUT2D eigenvalue weighted by atomic mass is 10.0. The van der Waals surface area contributed by atoms with Crippen LogP contribution in [0.25, 0.3) is 0 Å². The van der Waals surface area contributed by atoms with E-state index in [2.05, 4.69) is 47.2 Å². The van der Waals surface area contributed by atoms with Gasteiger partial charge in [-0.25, -0.2) is 0 Å². The van der Waals surface area contributed by atoms with Crippen molar-refractivity contribution < 1.29 is 14.3 Å². The van der Waals surface area contributed by atoms with Crippen LogP contribution in [0, 0.1) is 0 Å². The van der Waals surface area contributed by atoms with E-state index in [-0.39, 0.29) is 5.91 Å². The lowest BCUT2D eigenvalue weighted by molar-refractivity contribution is -0.116.